The molecule has 3 unspecified atom stereocenters. The minimum Gasteiger partial charge on any atom is -0.469 e. The van der Waals surface area contributed by atoms with E-state index < -0.39 is 0 Å². The van der Waals surface area contributed by atoms with Crippen molar-refractivity contribution in [3.8, 4) is 0 Å². The number of carbonyl (C=O) groups is 1. The SMILES string of the molecule is CC=C1CN2C3C[C@@H]1C(C(=O)OC)[C@H]2Cc1c3[nH]c2ccccc12. The largest absolute Gasteiger partial charge is 0.469 e. The monoisotopic (exact) mass is 322 g/mol. The van der Waals surface area contributed by atoms with Gasteiger partial charge in [-0.15, -0.1) is 0 Å². The quantitative estimate of drug-likeness (QED) is 0.648. The van der Waals surface area contributed by atoms with E-state index in [9.17, 15) is 4.79 Å². The molecule has 4 heteroatoms. The van der Waals surface area contributed by atoms with Gasteiger partial charge in [0.15, 0.2) is 0 Å². The van der Waals surface area contributed by atoms with Crippen LogP contribution in [-0.4, -0.2) is 35.5 Å². The summed E-state index contributed by atoms with van der Waals surface area (Å²) in [5.74, 6) is 0.241. The van der Waals surface area contributed by atoms with Crippen LogP contribution in [0.1, 0.15) is 30.6 Å². The number of para-hydroxylation sites is 1. The summed E-state index contributed by atoms with van der Waals surface area (Å²) < 4.78 is 5.18. The smallest absolute Gasteiger partial charge is 0.310 e. The molecule has 0 aliphatic carbocycles. The van der Waals surface area contributed by atoms with Crippen LogP contribution in [0.25, 0.3) is 10.9 Å². The van der Waals surface area contributed by atoms with Gasteiger partial charge in [0, 0.05) is 29.2 Å². The van der Waals surface area contributed by atoms with Crippen molar-refractivity contribution in [1.82, 2.24) is 9.88 Å². The van der Waals surface area contributed by atoms with Gasteiger partial charge in [0.1, 0.15) is 0 Å². The van der Waals surface area contributed by atoms with Crippen LogP contribution in [0.5, 0.6) is 0 Å². The summed E-state index contributed by atoms with van der Waals surface area (Å²) in [5, 5.41) is 1.32. The molecule has 0 saturated carbocycles. The normalized spacial score (nSPS) is 35.2. The lowest BCUT2D eigenvalue weighted by molar-refractivity contribution is -0.157. The minimum absolute atomic E-state index is 0.0342. The van der Waals surface area contributed by atoms with E-state index in [0.29, 0.717) is 12.0 Å². The van der Waals surface area contributed by atoms with Crippen LogP contribution in [0.2, 0.25) is 0 Å². The van der Waals surface area contributed by atoms with Gasteiger partial charge >= 0.3 is 5.97 Å². The van der Waals surface area contributed by atoms with Crippen molar-refractivity contribution >= 4 is 16.9 Å². The highest BCUT2D eigenvalue weighted by atomic mass is 16.5. The third-order valence-corrected chi connectivity index (χ3v) is 6.43. The highest BCUT2D eigenvalue weighted by Gasteiger charge is 2.55. The highest BCUT2D eigenvalue weighted by molar-refractivity contribution is 5.86. The average molecular weight is 322 g/mol. The van der Waals surface area contributed by atoms with E-state index in [-0.39, 0.29) is 17.9 Å². The maximum Gasteiger partial charge on any atom is 0.310 e. The molecular weight excluding hydrogens is 300 g/mol. The van der Waals surface area contributed by atoms with Crippen LogP contribution in [0, 0.1) is 11.8 Å². The predicted octanol–water partition coefficient (Wildman–Crippen LogP) is 3.20. The molecule has 0 radical (unpaired) electrons. The fourth-order valence-electron chi connectivity index (χ4n) is 5.39. The molecule has 124 valence electrons. The molecule has 3 saturated heterocycles. The van der Waals surface area contributed by atoms with Gasteiger partial charge < -0.3 is 9.72 Å². The first-order valence-corrected chi connectivity index (χ1v) is 8.81. The zero-order valence-corrected chi connectivity index (χ0v) is 14.1. The summed E-state index contributed by atoms with van der Waals surface area (Å²) in [6.45, 7) is 3.08. The van der Waals surface area contributed by atoms with Crippen molar-refractivity contribution in [3.05, 3.63) is 47.2 Å². The zero-order valence-electron chi connectivity index (χ0n) is 14.1. The maximum atomic E-state index is 12.5. The Hall–Kier alpha value is -2.07. The number of nitrogens with zero attached hydrogens (tertiary/aromatic N) is 1. The lowest BCUT2D eigenvalue weighted by Gasteiger charge is -2.57. The van der Waals surface area contributed by atoms with Crippen LogP contribution < -0.4 is 0 Å². The summed E-state index contributed by atoms with van der Waals surface area (Å²) in [6.07, 6.45) is 4.15. The van der Waals surface area contributed by atoms with Gasteiger partial charge in [0.25, 0.3) is 0 Å². The molecule has 1 aromatic heterocycles. The highest BCUT2D eigenvalue weighted by Crippen LogP contribution is 2.54. The van der Waals surface area contributed by atoms with Crippen molar-refractivity contribution in [2.24, 2.45) is 11.8 Å². The number of H-pyrrole nitrogens is 1. The Bertz CT molecular complexity index is 866. The topological polar surface area (TPSA) is 45.3 Å². The number of aromatic nitrogens is 1. The number of fused-ring (bicyclic) bond motifs is 4. The maximum absolute atomic E-state index is 12.5. The van der Waals surface area contributed by atoms with E-state index in [0.717, 1.165) is 19.4 Å². The third-order valence-electron chi connectivity index (χ3n) is 6.43. The molecule has 4 bridgehead atoms. The van der Waals surface area contributed by atoms with Gasteiger partial charge in [-0.1, -0.05) is 29.8 Å². The molecule has 6 rings (SSSR count). The number of aromatic amines is 1. The van der Waals surface area contributed by atoms with E-state index in [1.54, 1.807) is 0 Å². The van der Waals surface area contributed by atoms with Gasteiger partial charge in [-0.3, -0.25) is 9.69 Å². The van der Waals surface area contributed by atoms with Crippen molar-refractivity contribution < 1.29 is 9.53 Å². The molecule has 2 aromatic rings. The molecule has 4 aliphatic heterocycles. The molecule has 0 spiro atoms. The summed E-state index contributed by atoms with van der Waals surface area (Å²) in [6, 6.07) is 9.20. The van der Waals surface area contributed by atoms with Gasteiger partial charge in [0.05, 0.1) is 19.1 Å². The van der Waals surface area contributed by atoms with E-state index in [1.165, 1.54) is 34.8 Å². The van der Waals surface area contributed by atoms with E-state index in [4.69, 9.17) is 4.74 Å². The Balaban J connectivity index is 1.67. The van der Waals surface area contributed by atoms with Crippen LogP contribution >= 0.6 is 0 Å². The van der Waals surface area contributed by atoms with Gasteiger partial charge in [-0.2, -0.15) is 0 Å². The van der Waals surface area contributed by atoms with Gasteiger partial charge in [-0.05, 0) is 37.3 Å². The number of rotatable bonds is 1. The van der Waals surface area contributed by atoms with Crippen molar-refractivity contribution in [2.75, 3.05) is 13.7 Å². The Kier molecular flexibility index (Phi) is 2.95. The minimum atomic E-state index is -0.0456. The number of nitrogens with one attached hydrogen (secondary N) is 1. The number of allylic oxidation sites excluding steroid dienone is 1. The average Bonchev–Trinajstić information content (AvgIpc) is 2.99. The van der Waals surface area contributed by atoms with Crippen molar-refractivity contribution in [1.29, 1.82) is 0 Å². The Morgan fingerprint density at radius 1 is 1.38 bits per heavy atom. The molecule has 0 amide bonds. The number of benzene rings is 1. The predicted molar refractivity (Wildman–Crippen MR) is 92.6 cm³/mol. The lowest BCUT2D eigenvalue weighted by atomic mass is 9.64. The number of esters is 1. The first-order chi connectivity index (χ1) is 11.7. The standard InChI is InChI=1S/C20H22N2O2/c1-3-11-10-22-16-9-14-12-6-4-5-7-15(12)21-19(14)17(22)8-13(11)18(16)20(23)24-2/h3-7,13,16-18,21H,8-10H2,1-2H3/t13-,16+,17?,18?/m0/s1. The molecular formula is C20H22N2O2. The molecule has 5 heterocycles. The first-order valence-electron chi connectivity index (χ1n) is 8.81. The fraction of sp³-hybridized carbons (Fsp3) is 0.450. The molecule has 3 fully saturated rings. The second-order valence-corrected chi connectivity index (χ2v) is 7.28. The summed E-state index contributed by atoms with van der Waals surface area (Å²) in [5.41, 5.74) is 5.40. The molecule has 4 aliphatic rings. The first kappa shape index (κ1) is 14.3. The summed E-state index contributed by atoms with van der Waals surface area (Å²) >= 11 is 0. The van der Waals surface area contributed by atoms with Crippen LogP contribution in [0.3, 0.4) is 0 Å². The van der Waals surface area contributed by atoms with E-state index in [2.05, 4.69) is 47.1 Å². The number of carbonyl (C=O) groups excluding carboxylic acids is 1. The van der Waals surface area contributed by atoms with Crippen LogP contribution in [-0.2, 0) is 16.0 Å². The number of hydrogen-bond acceptors (Lipinski definition) is 3. The third kappa shape index (κ3) is 1.69. The van der Waals surface area contributed by atoms with Gasteiger partial charge in [0.2, 0.25) is 0 Å². The lowest BCUT2D eigenvalue weighted by Crippen LogP contribution is -2.62. The number of hydrogen-bond donors (Lipinski definition) is 1. The van der Waals surface area contributed by atoms with E-state index >= 15 is 0 Å². The zero-order chi connectivity index (χ0) is 16.4. The van der Waals surface area contributed by atoms with E-state index in [1.807, 2.05) is 0 Å². The molecule has 24 heavy (non-hydrogen) atoms. The second-order valence-electron chi connectivity index (χ2n) is 7.28. The second kappa shape index (κ2) is 4.96. The summed E-state index contributed by atoms with van der Waals surface area (Å²) in [7, 11) is 1.52. The molecule has 1 aromatic carbocycles. The van der Waals surface area contributed by atoms with Gasteiger partial charge in [-0.25, -0.2) is 0 Å². The Morgan fingerprint density at radius 3 is 3.00 bits per heavy atom. The van der Waals surface area contributed by atoms with Crippen molar-refractivity contribution in [2.45, 2.75) is 31.8 Å². The number of methoxy groups -OCH3 is 1. The fourth-order valence-corrected chi connectivity index (χ4v) is 5.39. The molecule has 4 nitrogen and oxygen atoms in total. The Labute approximate surface area is 141 Å². The summed E-state index contributed by atoms with van der Waals surface area (Å²) in [4.78, 5) is 18.8. The molecule has 5 atom stereocenters. The Morgan fingerprint density at radius 2 is 2.21 bits per heavy atom. The van der Waals surface area contributed by atoms with Crippen LogP contribution in [0.4, 0.5) is 0 Å². The number of piperidine rings is 3. The van der Waals surface area contributed by atoms with Crippen LogP contribution in [0.15, 0.2) is 35.9 Å². The number of ether oxygens (including phenoxy) is 1. The van der Waals surface area contributed by atoms with Crippen molar-refractivity contribution in [3.63, 3.8) is 0 Å². The molecule has 1 N–H and O–H groups in total.